The summed E-state index contributed by atoms with van der Waals surface area (Å²) in [7, 11) is -1.47. The monoisotopic (exact) mass is 368 g/mol. The average molecular weight is 368 g/mol. The van der Waals surface area contributed by atoms with Crippen molar-refractivity contribution in [1.29, 1.82) is 0 Å². The van der Waals surface area contributed by atoms with Gasteiger partial charge in [-0.1, -0.05) is 12.1 Å². The van der Waals surface area contributed by atoms with E-state index in [0.29, 0.717) is 24.1 Å². The third-order valence-electron chi connectivity index (χ3n) is 4.45. The number of rotatable bonds is 5. The van der Waals surface area contributed by atoms with Crippen molar-refractivity contribution in [1.82, 2.24) is 5.32 Å². The van der Waals surface area contributed by atoms with Crippen LogP contribution >= 0.6 is 10.8 Å². The van der Waals surface area contributed by atoms with Crippen LogP contribution in [0.4, 0.5) is 20.2 Å². The number of anilines is 2. The van der Waals surface area contributed by atoms with Crippen LogP contribution in [0.2, 0.25) is 0 Å². The maximum Gasteiger partial charge on any atom is 0.148 e. The summed E-state index contributed by atoms with van der Waals surface area (Å²) in [5, 5.41) is 2.54. The molecular weight excluding hydrogens is 346 g/mol. The third-order valence-corrected chi connectivity index (χ3v) is 6.68. The molecule has 0 bridgehead atoms. The van der Waals surface area contributed by atoms with E-state index in [1.54, 1.807) is 12.1 Å². The molecule has 1 aliphatic heterocycles. The standard InChI is InChI=1S/C18H22F2N2O2S/c1-21-10-4-5-15-12-13-11-14(19)8-9-17(13)22(25(15,23)24)18-7-3-2-6-16(18)20/h2-3,6-9,11,15,21,23-24H,4-5,10,12H2,1H3/t15-/m0/s1. The zero-order valence-corrected chi connectivity index (χ0v) is 14.8. The number of para-hydroxylation sites is 1. The van der Waals surface area contributed by atoms with Crippen molar-refractivity contribution in [3.63, 3.8) is 0 Å². The summed E-state index contributed by atoms with van der Waals surface area (Å²) < 4.78 is 51.3. The second-order valence-corrected chi connectivity index (χ2v) is 8.31. The second-order valence-electron chi connectivity index (χ2n) is 6.15. The molecule has 0 amide bonds. The smallest absolute Gasteiger partial charge is 0.148 e. The lowest BCUT2D eigenvalue weighted by Gasteiger charge is -2.53. The zero-order valence-electron chi connectivity index (χ0n) is 14.0. The van der Waals surface area contributed by atoms with Crippen molar-refractivity contribution in [2.45, 2.75) is 24.5 Å². The van der Waals surface area contributed by atoms with Gasteiger partial charge in [0.15, 0.2) is 0 Å². The van der Waals surface area contributed by atoms with E-state index in [1.807, 2.05) is 7.05 Å². The molecule has 0 radical (unpaired) electrons. The molecule has 0 aliphatic carbocycles. The summed E-state index contributed by atoms with van der Waals surface area (Å²) in [5.41, 5.74) is 1.19. The van der Waals surface area contributed by atoms with Crippen LogP contribution in [0.3, 0.4) is 0 Å². The van der Waals surface area contributed by atoms with Crippen LogP contribution in [0.5, 0.6) is 0 Å². The summed E-state index contributed by atoms with van der Waals surface area (Å²) in [6, 6.07) is 10.1. The first kappa shape index (κ1) is 18.1. The maximum atomic E-state index is 14.4. The Labute approximate surface area is 148 Å². The van der Waals surface area contributed by atoms with Crippen LogP contribution in [-0.4, -0.2) is 27.9 Å². The summed E-state index contributed by atoms with van der Waals surface area (Å²) in [4.78, 5) is 0. The Bertz CT molecular complexity index is 758. The number of nitrogens with one attached hydrogen (secondary N) is 1. The Morgan fingerprint density at radius 1 is 1.16 bits per heavy atom. The van der Waals surface area contributed by atoms with Crippen molar-refractivity contribution >= 4 is 22.2 Å². The van der Waals surface area contributed by atoms with Crippen LogP contribution in [0.15, 0.2) is 42.5 Å². The summed E-state index contributed by atoms with van der Waals surface area (Å²) in [5.74, 6) is -0.937. The molecule has 0 unspecified atom stereocenters. The van der Waals surface area contributed by atoms with Crippen molar-refractivity contribution in [3.05, 3.63) is 59.7 Å². The molecule has 1 atom stereocenters. The Morgan fingerprint density at radius 3 is 2.64 bits per heavy atom. The van der Waals surface area contributed by atoms with Crippen molar-refractivity contribution < 1.29 is 17.9 Å². The SMILES string of the molecule is CNCCC[C@H]1Cc2cc(F)ccc2N(c2ccccc2F)S1(O)O. The van der Waals surface area contributed by atoms with E-state index in [9.17, 15) is 17.9 Å². The molecule has 25 heavy (non-hydrogen) atoms. The number of benzene rings is 2. The van der Waals surface area contributed by atoms with Gasteiger partial charge in [0.2, 0.25) is 0 Å². The number of nitrogens with zero attached hydrogens (tertiary/aromatic N) is 1. The van der Waals surface area contributed by atoms with Gasteiger partial charge in [-0.25, -0.2) is 13.1 Å². The summed E-state index contributed by atoms with van der Waals surface area (Å²) >= 11 is 0. The number of fused-ring (bicyclic) bond motifs is 1. The molecule has 136 valence electrons. The molecular formula is C18H22F2N2O2S. The minimum Gasteiger partial charge on any atom is -0.320 e. The van der Waals surface area contributed by atoms with Gasteiger partial charge in [0.25, 0.3) is 0 Å². The van der Waals surface area contributed by atoms with Gasteiger partial charge in [0.05, 0.1) is 16.6 Å². The van der Waals surface area contributed by atoms with Gasteiger partial charge in [-0.05, 0) is 68.8 Å². The summed E-state index contributed by atoms with van der Waals surface area (Å²) in [6.45, 7) is 0.738. The first-order valence-electron chi connectivity index (χ1n) is 8.20. The number of halogens is 2. The van der Waals surface area contributed by atoms with Gasteiger partial charge in [0, 0.05) is 0 Å². The minimum absolute atomic E-state index is 0.0914. The third kappa shape index (κ3) is 3.50. The number of hydrogen-bond acceptors (Lipinski definition) is 4. The van der Waals surface area contributed by atoms with Gasteiger partial charge < -0.3 is 5.32 Å². The topological polar surface area (TPSA) is 55.7 Å². The predicted molar refractivity (Wildman–Crippen MR) is 98.4 cm³/mol. The fourth-order valence-corrected chi connectivity index (χ4v) is 5.31. The van der Waals surface area contributed by atoms with Crippen molar-refractivity contribution in [2.24, 2.45) is 0 Å². The Balaban J connectivity index is 2.08. The van der Waals surface area contributed by atoms with Gasteiger partial charge >= 0.3 is 0 Å². The molecule has 0 spiro atoms. The first-order valence-corrected chi connectivity index (χ1v) is 9.76. The lowest BCUT2D eigenvalue weighted by Crippen LogP contribution is -2.38. The van der Waals surface area contributed by atoms with Gasteiger partial charge in [-0.15, -0.1) is 10.8 Å². The summed E-state index contributed by atoms with van der Waals surface area (Å²) in [6.07, 6.45) is 1.64. The molecule has 0 fully saturated rings. The fourth-order valence-electron chi connectivity index (χ4n) is 3.22. The maximum absolute atomic E-state index is 14.4. The largest absolute Gasteiger partial charge is 0.320 e. The fraction of sp³-hybridized carbons (Fsp3) is 0.333. The molecule has 2 aromatic carbocycles. The second kappa shape index (κ2) is 7.29. The van der Waals surface area contributed by atoms with Gasteiger partial charge in [-0.3, -0.25) is 9.11 Å². The van der Waals surface area contributed by atoms with E-state index in [2.05, 4.69) is 5.32 Å². The van der Waals surface area contributed by atoms with E-state index in [0.717, 1.165) is 13.0 Å². The Kier molecular flexibility index (Phi) is 5.29. The number of hydrogen-bond donors (Lipinski definition) is 3. The molecule has 7 heteroatoms. The molecule has 4 nitrogen and oxygen atoms in total. The van der Waals surface area contributed by atoms with Crippen LogP contribution in [-0.2, 0) is 6.42 Å². The predicted octanol–water partition coefficient (Wildman–Crippen LogP) is 4.69. The van der Waals surface area contributed by atoms with Gasteiger partial charge in [0.1, 0.15) is 11.6 Å². The van der Waals surface area contributed by atoms with Crippen LogP contribution < -0.4 is 9.62 Å². The highest BCUT2D eigenvalue weighted by molar-refractivity contribution is 8.26. The average Bonchev–Trinajstić information content (AvgIpc) is 2.57. The highest BCUT2D eigenvalue weighted by atomic mass is 32.3. The van der Waals surface area contributed by atoms with E-state index >= 15 is 0 Å². The molecule has 1 aliphatic rings. The van der Waals surface area contributed by atoms with Crippen molar-refractivity contribution in [2.75, 3.05) is 17.9 Å². The zero-order chi connectivity index (χ0) is 18.0. The van der Waals surface area contributed by atoms with Gasteiger partial charge in [-0.2, -0.15) is 0 Å². The van der Waals surface area contributed by atoms with E-state index in [-0.39, 0.29) is 11.5 Å². The molecule has 0 saturated carbocycles. The normalized spacial score (nSPS) is 20.2. The molecule has 1 heterocycles. The minimum atomic E-state index is -3.30. The molecule has 2 aromatic rings. The van der Waals surface area contributed by atoms with Crippen LogP contribution in [0, 0.1) is 11.6 Å². The molecule has 0 aromatic heterocycles. The van der Waals surface area contributed by atoms with Crippen LogP contribution in [0.1, 0.15) is 18.4 Å². The lowest BCUT2D eigenvalue weighted by molar-refractivity contribution is 0.453. The molecule has 0 saturated heterocycles. The highest BCUT2D eigenvalue weighted by Crippen LogP contribution is 2.61. The molecule has 3 rings (SSSR count). The lowest BCUT2D eigenvalue weighted by atomic mass is 10.0. The Morgan fingerprint density at radius 2 is 1.92 bits per heavy atom. The van der Waals surface area contributed by atoms with E-state index < -0.39 is 21.8 Å². The molecule has 3 N–H and O–H groups in total. The first-order chi connectivity index (χ1) is 11.9. The van der Waals surface area contributed by atoms with E-state index in [4.69, 9.17) is 0 Å². The van der Waals surface area contributed by atoms with E-state index in [1.165, 1.54) is 34.6 Å². The Hall–Kier alpha value is -1.67. The van der Waals surface area contributed by atoms with Crippen molar-refractivity contribution in [3.8, 4) is 0 Å². The quantitative estimate of drug-likeness (QED) is 0.670. The highest BCUT2D eigenvalue weighted by Gasteiger charge is 2.40. The van der Waals surface area contributed by atoms with Crippen LogP contribution in [0.25, 0.3) is 0 Å².